The SMILES string of the molecule is CCn1cc(-c2ccc(Oc3nc4c(cnn4[C@@H]4CCCOC4)c(=O)n3C)cc2)cn1. The highest BCUT2D eigenvalue weighted by atomic mass is 16.5. The van der Waals surface area contributed by atoms with Gasteiger partial charge in [0.25, 0.3) is 5.56 Å². The molecule has 0 spiro atoms. The number of benzene rings is 1. The molecule has 3 aromatic heterocycles. The average Bonchev–Trinajstić information content (AvgIpc) is 3.46. The Labute approximate surface area is 178 Å². The third kappa shape index (κ3) is 3.61. The molecular formula is C22H24N6O3. The highest BCUT2D eigenvalue weighted by molar-refractivity contribution is 5.74. The first-order chi connectivity index (χ1) is 15.1. The maximum atomic E-state index is 12.9. The molecule has 0 unspecified atom stereocenters. The Balaban J connectivity index is 1.45. The van der Waals surface area contributed by atoms with Crippen LogP contribution in [0, 0.1) is 0 Å². The summed E-state index contributed by atoms with van der Waals surface area (Å²) in [7, 11) is 1.65. The molecule has 4 heterocycles. The summed E-state index contributed by atoms with van der Waals surface area (Å²) in [4.78, 5) is 17.5. The zero-order valence-corrected chi connectivity index (χ0v) is 17.6. The molecule has 9 heteroatoms. The molecule has 1 fully saturated rings. The van der Waals surface area contributed by atoms with Crippen LogP contribution in [0.2, 0.25) is 0 Å². The molecule has 0 aliphatic carbocycles. The number of hydrogen-bond donors (Lipinski definition) is 0. The fraction of sp³-hybridized carbons (Fsp3) is 0.364. The summed E-state index contributed by atoms with van der Waals surface area (Å²) in [5, 5.41) is 9.21. The molecular weight excluding hydrogens is 396 g/mol. The van der Waals surface area contributed by atoms with Crippen molar-refractivity contribution in [2.24, 2.45) is 7.05 Å². The molecule has 4 aromatic rings. The van der Waals surface area contributed by atoms with Crippen molar-refractivity contribution in [3.63, 3.8) is 0 Å². The minimum Gasteiger partial charge on any atom is -0.425 e. The summed E-state index contributed by atoms with van der Waals surface area (Å²) in [6.07, 6.45) is 7.33. The summed E-state index contributed by atoms with van der Waals surface area (Å²) < 4.78 is 16.6. The Hall–Kier alpha value is -3.46. The van der Waals surface area contributed by atoms with Crippen LogP contribution in [0.25, 0.3) is 22.2 Å². The summed E-state index contributed by atoms with van der Waals surface area (Å²) in [6.45, 7) is 4.20. The molecule has 160 valence electrons. The minimum absolute atomic E-state index is 0.0713. The van der Waals surface area contributed by atoms with Crippen LogP contribution in [-0.4, -0.2) is 42.3 Å². The van der Waals surface area contributed by atoms with Crippen LogP contribution in [0.15, 0.2) is 47.7 Å². The van der Waals surface area contributed by atoms with Crippen molar-refractivity contribution in [2.75, 3.05) is 13.2 Å². The van der Waals surface area contributed by atoms with Crippen LogP contribution in [0.5, 0.6) is 11.8 Å². The molecule has 0 amide bonds. The van der Waals surface area contributed by atoms with Gasteiger partial charge in [0.2, 0.25) is 0 Å². The van der Waals surface area contributed by atoms with Crippen LogP contribution in [0.1, 0.15) is 25.8 Å². The summed E-state index contributed by atoms with van der Waals surface area (Å²) >= 11 is 0. The molecule has 31 heavy (non-hydrogen) atoms. The van der Waals surface area contributed by atoms with Crippen LogP contribution in [0.4, 0.5) is 0 Å². The molecule has 1 aromatic carbocycles. The molecule has 1 aliphatic heterocycles. The van der Waals surface area contributed by atoms with Crippen LogP contribution >= 0.6 is 0 Å². The van der Waals surface area contributed by atoms with Gasteiger partial charge < -0.3 is 9.47 Å². The van der Waals surface area contributed by atoms with Crippen molar-refractivity contribution in [3.05, 3.63) is 53.2 Å². The fourth-order valence-electron chi connectivity index (χ4n) is 3.83. The Morgan fingerprint density at radius 3 is 2.71 bits per heavy atom. The van der Waals surface area contributed by atoms with Gasteiger partial charge in [-0.05, 0) is 37.5 Å². The van der Waals surface area contributed by atoms with E-state index in [1.54, 1.807) is 17.9 Å². The van der Waals surface area contributed by atoms with Gasteiger partial charge in [-0.2, -0.15) is 15.2 Å². The quantitative estimate of drug-likeness (QED) is 0.493. The van der Waals surface area contributed by atoms with Crippen molar-refractivity contribution < 1.29 is 9.47 Å². The number of ether oxygens (including phenoxy) is 2. The van der Waals surface area contributed by atoms with Gasteiger partial charge in [0, 0.05) is 32.0 Å². The third-order valence-corrected chi connectivity index (χ3v) is 5.63. The largest absolute Gasteiger partial charge is 0.425 e. The van der Waals surface area contributed by atoms with Crippen LogP contribution < -0.4 is 10.3 Å². The van der Waals surface area contributed by atoms with E-state index < -0.39 is 0 Å². The smallest absolute Gasteiger partial charge is 0.306 e. The molecule has 0 radical (unpaired) electrons. The van der Waals surface area contributed by atoms with E-state index in [2.05, 4.69) is 22.1 Å². The summed E-state index contributed by atoms with van der Waals surface area (Å²) in [5.74, 6) is 0.598. The number of fused-ring (bicyclic) bond motifs is 1. The lowest BCUT2D eigenvalue weighted by molar-refractivity contribution is 0.0562. The molecule has 0 N–H and O–H groups in total. The zero-order chi connectivity index (χ0) is 21.4. The van der Waals surface area contributed by atoms with Crippen molar-refractivity contribution in [2.45, 2.75) is 32.4 Å². The normalized spacial score (nSPS) is 16.6. The van der Waals surface area contributed by atoms with Gasteiger partial charge in [-0.3, -0.25) is 14.0 Å². The van der Waals surface area contributed by atoms with E-state index >= 15 is 0 Å². The van der Waals surface area contributed by atoms with E-state index in [0.717, 1.165) is 37.1 Å². The fourth-order valence-corrected chi connectivity index (χ4v) is 3.83. The van der Waals surface area contributed by atoms with Gasteiger partial charge in [-0.25, -0.2) is 4.68 Å². The van der Waals surface area contributed by atoms with Gasteiger partial charge in [0.05, 0.1) is 25.0 Å². The predicted molar refractivity (Wildman–Crippen MR) is 115 cm³/mol. The van der Waals surface area contributed by atoms with Gasteiger partial charge in [0.15, 0.2) is 5.65 Å². The number of hydrogen-bond acceptors (Lipinski definition) is 6. The number of aromatic nitrogens is 6. The highest BCUT2D eigenvalue weighted by Gasteiger charge is 2.22. The number of aryl methyl sites for hydroxylation is 1. The molecule has 0 saturated carbocycles. The van der Waals surface area contributed by atoms with E-state index in [4.69, 9.17) is 9.47 Å². The Morgan fingerprint density at radius 2 is 2.00 bits per heavy atom. The second kappa shape index (κ2) is 7.99. The second-order valence-corrected chi connectivity index (χ2v) is 7.67. The second-order valence-electron chi connectivity index (χ2n) is 7.67. The number of nitrogens with zero attached hydrogens (tertiary/aromatic N) is 6. The van der Waals surface area contributed by atoms with E-state index in [0.29, 0.717) is 23.4 Å². The van der Waals surface area contributed by atoms with Crippen molar-refractivity contribution in [3.8, 4) is 22.9 Å². The molecule has 1 atom stereocenters. The van der Waals surface area contributed by atoms with Gasteiger partial charge in [-0.1, -0.05) is 12.1 Å². The van der Waals surface area contributed by atoms with Gasteiger partial charge >= 0.3 is 6.01 Å². The Bertz CT molecular complexity index is 1260. The lowest BCUT2D eigenvalue weighted by Crippen LogP contribution is -2.24. The first-order valence-corrected chi connectivity index (χ1v) is 10.5. The van der Waals surface area contributed by atoms with Crippen molar-refractivity contribution in [1.82, 2.24) is 29.1 Å². The van der Waals surface area contributed by atoms with Gasteiger partial charge in [-0.15, -0.1) is 0 Å². The molecule has 0 bridgehead atoms. The molecule has 1 aliphatic rings. The topological polar surface area (TPSA) is 89.0 Å². The third-order valence-electron chi connectivity index (χ3n) is 5.63. The maximum absolute atomic E-state index is 12.9. The Morgan fingerprint density at radius 1 is 1.16 bits per heavy atom. The van der Waals surface area contributed by atoms with Crippen LogP contribution in [0.3, 0.4) is 0 Å². The molecule has 1 saturated heterocycles. The van der Waals surface area contributed by atoms with Crippen molar-refractivity contribution >= 4 is 11.0 Å². The van der Waals surface area contributed by atoms with E-state index in [1.165, 1.54) is 4.57 Å². The first-order valence-electron chi connectivity index (χ1n) is 10.5. The number of rotatable bonds is 5. The van der Waals surface area contributed by atoms with E-state index in [9.17, 15) is 4.79 Å². The monoisotopic (exact) mass is 420 g/mol. The summed E-state index contributed by atoms with van der Waals surface area (Å²) in [6, 6.07) is 7.95. The van der Waals surface area contributed by atoms with E-state index in [1.807, 2.05) is 41.3 Å². The van der Waals surface area contributed by atoms with Gasteiger partial charge in [0.1, 0.15) is 11.1 Å². The minimum atomic E-state index is -0.188. The van der Waals surface area contributed by atoms with Crippen molar-refractivity contribution in [1.29, 1.82) is 0 Å². The zero-order valence-electron chi connectivity index (χ0n) is 17.6. The summed E-state index contributed by atoms with van der Waals surface area (Å²) in [5.41, 5.74) is 2.42. The average molecular weight is 420 g/mol. The molecule has 9 nitrogen and oxygen atoms in total. The van der Waals surface area contributed by atoms with Crippen LogP contribution in [-0.2, 0) is 18.3 Å². The molecule has 5 rings (SSSR count). The Kier molecular flexibility index (Phi) is 5.03. The maximum Gasteiger partial charge on any atom is 0.306 e. The predicted octanol–water partition coefficient (Wildman–Crippen LogP) is 3.16. The van der Waals surface area contributed by atoms with E-state index in [-0.39, 0.29) is 17.6 Å². The first kappa shape index (κ1) is 19.5. The lowest BCUT2D eigenvalue weighted by Gasteiger charge is -2.22. The lowest BCUT2D eigenvalue weighted by atomic mass is 10.1. The standard InChI is InChI=1S/C22H24N6O3/c1-3-27-13-16(11-23-27)15-6-8-18(9-7-15)31-22-25-20-19(21(29)26(22)2)12-24-28(20)17-5-4-10-30-14-17/h6-9,11-13,17H,3-5,10,14H2,1-2H3/t17-/m1/s1. The highest BCUT2D eigenvalue weighted by Crippen LogP contribution is 2.26.